The topological polar surface area (TPSA) is 92.7 Å². The maximum atomic E-state index is 11.7. The van der Waals surface area contributed by atoms with Gasteiger partial charge in [-0.1, -0.05) is 0 Å². The summed E-state index contributed by atoms with van der Waals surface area (Å²) >= 11 is 0. The summed E-state index contributed by atoms with van der Waals surface area (Å²) in [7, 11) is 1.52. The number of allylic oxidation sites excluding steroid dienone is 1. The molecule has 0 bridgehead atoms. The van der Waals surface area contributed by atoms with Gasteiger partial charge >= 0.3 is 5.97 Å². The minimum absolute atomic E-state index is 0.356. The van der Waals surface area contributed by atoms with Crippen LogP contribution in [0.4, 0.5) is 0 Å². The van der Waals surface area contributed by atoms with Gasteiger partial charge in [0, 0.05) is 11.6 Å². The van der Waals surface area contributed by atoms with Crippen molar-refractivity contribution >= 4 is 17.7 Å². The average molecular weight is 277 g/mol. The van der Waals surface area contributed by atoms with Crippen LogP contribution in [-0.4, -0.2) is 35.9 Å². The molecule has 20 heavy (non-hydrogen) atoms. The fourth-order valence-electron chi connectivity index (χ4n) is 1.33. The van der Waals surface area contributed by atoms with Crippen molar-refractivity contribution in [1.29, 1.82) is 0 Å². The van der Waals surface area contributed by atoms with E-state index in [2.05, 4.69) is 5.32 Å². The van der Waals surface area contributed by atoms with E-state index in [-0.39, 0.29) is 5.78 Å². The molecule has 0 radical (unpaired) electrons. The molecule has 0 saturated heterocycles. The van der Waals surface area contributed by atoms with Gasteiger partial charge in [-0.2, -0.15) is 0 Å². The highest BCUT2D eigenvalue weighted by atomic mass is 16.5. The van der Waals surface area contributed by atoms with Crippen LogP contribution in [0.2, 0.25) is 0 Å². The number of hydrogen-bond acceptors (Lipinski definition) is 4. The summed E-state index contributed by atoms with van der Waals surface area (Å²) in [5.74, 6) is -1.51. The molecular weight excluding hydrogens is 262 g/mol. The highest BCUT2D eigenvalue weighted by Crippen LogP contribution is 2.11. The van der Waals surface area contributed by atoms with E-state index in [1.165, 1.54) is 14.0 Å². The van der Waals surface area contributed by atoms with Crippen molar-refractivity contribution in [3.05, 3.63) is 42.0 Å². The zero-order valence-corrected chi connectivity index (χ0v) is 11.1. The molecule has 0 saturated carbocycles. The third-order valence-electron chi connectivity index (χ3n) is 2.49. The molecule has 6 heteroatoms. The Labute approximate surface area is 116 Å². The number of carbonyl (C=O) groups is 3. The van der Waals surface area contributed by atoms with Gasteiger partial charge in [0.15, 0.2) is 5.78 Å². The fraction of sp³-hybridized carbons (Fsp3) is 0.214. The SMILES string of the molecule is COc1ccc(C(=O)C=CC(=O)N[C@@H](C)C(=O)O)cc1. The Balaban J connectivity index is 2.62. The van der Waals surface area contributed by atoms with Gasteiger partial charge in [0.1, 0.15) is 11.8 Å². The van der Waals surface area contributed by atoms with Crippen molar-refractivity contribution < 1.29 is 24.2 Å². The van der Waals surface area contributed by atoms with E-state index < -0.39 is 17.9 Å². The van der Waals surface area contributed by atoms with Crippen LogP contribution in [0.1, 0.15) is 17.3 Å². The summed E-state index contributed by atoms with van der Waals surface area (Å²) in [6.45, 7) is 1.33. The molecular formula is C14H15NO5. The van der Waals surface area contributed by atoms with Gasteiger partial charge in [0.25, 0.3) is 0 Å². The second-order valence-corrected chi connectivity index (χ2v) is 3.99. The standard InChI is InChI=1S/C14H15NO5/c1-9(14(18)19)15-13(17)8-7-12(16)10-3-5-11(20-2)6-4-10/h3-9H,1-2H3,(H,15,17)(H,18,19)/t9-/m0/s1. The van der Waals surface area contributed by atoms with Crippen LogP contribution in [0, 0.1) is 0 Å². The Hall–Kier alpha value is -2.63. The number of hydrogen-bond donors (Lipinski definition) is 2. The zero-order chi connectivity index (χ0) is 15.1. The first-order valence-electron chi connectivity index (χ1n) is 5.84. The normalized spacial score (nSPS) is 11.9. The second-order valence-electron chi connectivity index (χ2n) is 3.99. The Morgan fingerprint density at radius 2 is 1.80 bits per heavy atom. The molecule has 0 heterocycles. The molecule has 1 rings (SSSR count). The molecule has 106 valence electrons. The third-order valence-corrected chi connectivity index (χ3v) is 2.49. The number of ether oxygens (including phenoxy) is 1. The minimum Gasteiger partial charge on any atom is -0.497 e. The summed E-state index contributed by atoms with van der Waals surface area (Å²) in [4.78, 5) is 33.6. The third kappa shape index (κ3) is 4.56. The molecule has 1 aromatic carbocycles. The predicted molar refractivity (Wildman–Crippen MR) is 71.7 cm³/mol. The van der Waals surface area contributed by atoms with Gasteiger partial charge < -0.3 is 15.2 Å². The number of aliphatic carboxylic acids is 1. The lowest BCUT2D eigenvalue weighted by Gasteiger charge is -2.05. The summed E-state index contributed by atoms with van der Waals surface area (Å²) in [6.07, 6.45) is 2.09. The van der Waals surface area contributed by atoms with E-state index in [4.69, 9.17) is 9.84 Å². The molecule has 0 spiro atoms. The van der Waals surface area contributed by atoms with Crippen molar-refractivity contribution in [2.75, 3.05) is 7.11 Å². The molecule has 1 atom stereocenters. The molecule has 0 aliphatic carbocycles. The van der Waals surface area contributed by atoms with E-state index in [0.717, 1.165) is 12.2 Å². The van der Waals surface area contributed by atoms with Crippen molar-refractivity contribution in [3.8, 4) is 5.75 Å². The largest absolute Gasteiger partial charge is 0.497 e. The molecule has 0 aliphatic rings. The van der Waals surface area contributed by atoms with Gasteiger partial charge in [-0.15, -0.1) is 0 Å². The fourth-order valence-corrected chi connectivity index (χ4v) is 1.33. The van der Waals surface area contributed by atoms with Crippen LogP contribution in [0.3, 0.4) is 0 Å². The number of nitrogens with one attached hydrogen (secondary N) is 1. The van der Waals surface area contributed by atoms with E-state index >= 15 is 0 Å². The first-order chi connectivity index (χ1) is 9.43. The van der Waals surface area contributed by atoms with Gasteiger partial charge in [0.05, 0.1) is 7.11 Å². The van der Waals surface area contributed by atoms with Crippen LogP contribution >= 0.6 is 0 Å². The van der Waals surface area contributed by atoms with E-state index in [0.29, 0.717) is 11.3 Å². The average Bonchev–Trinajstić information content (AvgIpc) is 2.44. The monoisotopic (exact) mass is 277 g/mol. The molecule has 0 aliphatic heterocycles. The van der Waals surface area contributed by atoms with E-state index in [1.54, 1.807) is 24.3 Å². The quantitative estimate of drug-likeness (QED) is 0.598. The highest BCUT2D eigenvalue weighted by molar-refractivity contribution is 6.07. The van der Waals surface area contributed by atoms with E-state index in [1.807, 2.05) is 0 Å². The number of rotatable bonds is 6. The first kappa shape index (κ1) is 15.4. The second kappa shape index (κ2) is 7.08. The first-order valence-corrected chi connectivity index (χ1v) is 5.84. The van der Waals surface area contributed by atoms with Gasteiger partial charge in [-0.25, -0.2) is 0 Å². The number of carbonyl (C=O) groups excluding carboxylic acids is 2. The van der Waals surface area contributed by atoms with Crippen molar-refractivity contribution in [2.24, 2.45) is 0 Å². The highest BCUT2D eigenvalue weighted by Gasteiger charge is 2.12. The van der Waals surface area contributed by atoms with Crippen molar-refractivity contribution in [2.45, 2.75) is 13.0 Å². The Kier molecular flexibility index (Phi) is 5.46. The maximum absolute atomic E-state index is 11.7. The lowest BCUT2D eigenvalue weighted by molar-refractivity contribution is -0.140. The number of methoxy groups -OCH3 is 1. The summed E-state index contributed by atoms with van der Waals surface area (Å²) < 4.78 is 4.96. The Morgan fingerprint density at radius 1 is 1.20 bits per heavy atom. The van der Waals surface area contributed by atoms with E-state index in [9.17, 15) is 14.4 Å². The molecule has 6 nitrogen and oxygen atoms in total. The minimum atomic E-state index is -1.15. The van der Waals surface area contributed by atoms with Crippen molar-refractivity contribution in [1.82, 2.24) is 5.32 Å². The predicted octanol–water partition coefficient (Wildman–Crippen LogP) is 1.02. The molecule has 1 aromatic rings. The van der Waals surface area contributed by atoms with Gasteiger partial charge in [-0.05, 0) is 37.3 Å². The lowest BCUT2D eigenvalue weighted by atomic mass is 10.1. The Morgan fingerprint density at radius 3 is 2.30 bits per heavy atom. The van der Waals surface area contributed by atoms with Crippen LogP contribution < -0.4 is 10.1 Å². The zero-order valence-electron chi connectivity index (χ0n) is 11.1. The maximum Gasteiger partial charge on any atom is 0.325 e. The van der Waals surface area contributed by atoms with Crippen LogP contribution in [-0.2, 0) is 9.59 Å². The summed E-state index contributed by atoms with van der Waals surface area (Å²) in [6, 6.07) is 5.40. The Bertz CT molecular complexity index is 533. The van der Waals surface area contributed by atoms with Gasteiger partial charge in [-0.3, -0.25) is 14.4 Å². The molecule has 0 aromatic heterocycles. The number of carboxylic acids is 1. The lowest BCUT2D eigenvalue weighted by Crippen LogP contribution is -2.37. The van der Waals surface area contributed by atoms with Crippen LogP contribution in [0.5, 0.6) is 5.75 Å². The van der Waals surface area contributed by atoms with Crippen LogP contribution in [0.15, 0.2) is 36.4 Å². The summed E-state index contributed by atoms with van der Waals surface area (Å²) in [5.41, 5.74) is 0.404. The number of carboxylic acid groups (broad SMARTS) is 1. The molecule has 2 N–H and O–H groups in total. The van der Waals surface area contributed by atoms with Crippen LogP contribution in [0.25, 0.3) is 0 Å². The smallest absolute Gasteiger partial charge is 0.325 e. The number of benzene rings is 1. The molecule has 0 unspecified atom stereocenters. The number of amides is 1. The molecule has 0 fully saturated rings. The van der Waals surface area contributed by atoms with Gasteiger partial charge in [0.2, 0.25) is 5.91 Å². The number of ketones is 1. The summed E-state index contributed by atoms with van der Waals surface area (Å²) in [5, 5.41) is 10.8. The van der Waals surface area contributed by atoms with Crippen molar-refractivity contribution in [3.63, 3.8) is 0 Å². The molecule has 1 amide bonds.